The summed E-state index contributed by atoms with van der Waals surface area (Å²) in [7, 11) is 1.75. The van der Waals surface area contributed by atoms with E-state index in [1.165, 1.54) is 0 Å². The number of likely N-dealkylation sites (tertiary alicyclic amines) is 1. The molecule has 0 aromatic heterocycles. The molecule has 14 heavy (non-hydrogen) atoms. The lowest BCUT2D eigenvalue weighted by Gasteiger charge is -2.53. The van der Waals surface area contributed by atoms with Crippen LogP contribution in [0.5, 0.6) is 0 Å². The van der Waals surface area contributed by atoms with Gasteiger partial charge in [0, 0.05) is 38.4 Å². The van der Waals surface area contributed by atoms with Crippen molar-refractivity contribution in [3.8, 4) is 0 Å². The van der Waals surface area contributed by atoms with E-state index in [2.05, 4.69) is 25.7 Å². The Hall–Kier alpha value is -0.120. The highest BCUT2D eigenvalue weighted by Crippen LogP contribution is 2.28. The van der Waals surface area contributed by atoms with E-state index in [1.807, 2.05) is 0 Å². The summed E-state index contributed by atoms with van der Waals surface area (Å²) in [6.07, 6.45) is 1.10. The van der Waals surface area contributed by atoms with Crippen LogP contribution in [0.2, 0.25) is 0 Å². The molecule has 1 unspecified atom stereocenters. The zero-order valence-corrected chi connectivity index (χ0v) is 9.92. The van der Waals surface area contributed by atoms with Crippen LogP contribution in [0.4, 0.5) is 0 Å². The Morgan fingerprint density at radius 2 is 1.93 bits per heavy atom. The largest absolute Gasteiger partial charge is 0.385 e. The number of nitrogens with two attached hydrogens (primary N) is 1. The Morgan fingerprint density at radius 3 is 2.36 bits per heavy atom. The first-order valence-corrected chi connectivity index (χ1v) is 5.51. The van der Waals surface area contributed by atoms with Gasteiger partial charge in [-0.25, -0.2) is 0 Å². The number of nitrogens with zero attached hydrogens (tertiary/aromatic N) is 1. The highest BCUT2D eigenvalue weighted by molar-refractivity contribution is 5.03. The summed E-state index contributed by atoms with van der Waals surface area (Å²) in [6, 6.07) is 0.602. The second-order valence-corrected chi connectivity index (χ2v) is 4.92. The van der Waals surface area contributed by atoms with Gasteiger partial charge >= 0.3 is 0 Å². The third kappa shape index (κ3) is 2.47. The Kier molecular flexibility index (Phi) is 3.93. The molecule has 2 N–H and O–H groups in total. The summed E-state index contributed by atoms with van der Waals surface area (Å²) in [5, 5.41) is 0. The highest BCUT2D eigenvalue weighted by atomic mass is 16.5. The molecule has 1 aliphatic rings. The van der Waals surface area contributed by atoms with E-state index in [0.29, 0.717) is 12.0 Å². The van der Waals surface area contributed by atoms with Gasteiger partial charge in [-0.05, 0) is 19.3 Å². The van der Waals surface area contributed by atoms with Crippen molar-refractivity contribution in [3.05, 3.63) is 0 Å². The summed E-state index contributed by atoms with van der Waals surface area (Å²) in [4.78, 5) is 2.44. The minimum atomic E-state index is 0.0569. The van der Waals surface area contributed by atoms with E-state index in [4.69, 9.17) is 10.5 Å². The van der Waals surface area contributed by atoms with Crippen LogP contribution in [-0.4, -0.2) is 43.3 Å². The topological polar surface area (TPSA) is 38.5 Å². The lowest BCUT2D eigenvalue weighted by atomic mass is 9.79. The standard InChI is InChI=1S/C11H24N2O/c1-9(2)11(12)7-13(8-11)10(3)5-6-14-4/h9-10H,5-8,12H2,1-4H3. The highest BCUT2D eigenvalue weighted by Gasteiger charge is 2.43. The molecular formula is C11H24N2O. The lowest BCUT2D eigenvalue weighted by Crippen LogP contribution is -2.71. The SMILES string of the molecule is COCCC(C)N1CC(N)(C(C)C)C1. The van der Waals surface area contributed by atoms with Gasteiger partial charge in [0.2, 0.25) is 0 Å². The summed E-state index contributed by atoms with van der Waals surface area (Å²) < 4.78 is 5.07. The van der Waals surface area contributed by atoms with Gasteiger partial charge in [0.25, 0.3) is 0 Å². The minimum Gasteiger partial charge on any atom is -0.385 e. The minimum absolute atomic E-state index is 0.0569. The molecule has 1 saturated heterocycles. The van der Waals surface area contributed by atoms with Crippen molar-refractivity contribution in [1.82, 2.24) is 4.90 Å². The number of ether oxygens (including phenoxy) is 1. The molecule has 84 valence electrons. The van der Waals surface area contributed by atoms with Crippen molar-refractivity contribution in [2.75, 3.05) is 26.8 Å². The number of hydrogen-bond donors (Lipinski definition) is 1. The zero-order valence-electron chi connectivity index (χ0n) is 9.92. The van der Waals surface area contributed by atoms with Gasteiger partial charge in [-0.3, -0.25) is 4.90 Å². The second-order valence-electron chi connectivity index (χ2n) is 4.92. The van der Waals surface area contributed by atoms with Gasteiger partial charge in [-0.1, -0.05) is 13.8 Å². The first kappa shape index (κ1) is 12.0. The van der Waals surface area contributed by atoms with Crippen molar-refractivity contribution >= 4 is 0 Å². The van der Waals surface area contributed by atoms with Crippen molar-refractivity contribution in [3.63, 3.8) is 0 Å². The van der Waals surface area contributed by atoms with Crippen molar-refractivity contribution < 1.29 is 4.74 Å². The molecule has 0 bridgehead atoms. The Labute approximate surface area is 87.6 Å². The molecule has 1 heterocycles. The van der Waals surface area contributed by atoms with Gasteiger partial charge < -0.3 is 10.5 Å². The molecule has 0 aromatic rings. The van der Waals surface area contributed by atoms with E-state index in [-0.39, 0.29) is 5.54 Å². The van der Waals surface area contributed by atoms with Gasteiger partial charge in [-0.2, -0.15) is 0 Å². The molecule has 3 nitrogen and oxygen atoms in total. The Balaban J connectivity index is 2.26. The molecule has 0 spiro atoms. The van der Waals surface area contributed by atoms with Crippen LogP contribution in [-0.2, 0) is 4.74 Å². The number of rotatable bonds is 5. The monoisotopic (exact) mass is 200 g/mol. The molecule has 0 aliphatic carbocycles. The van der Waals surface area contributed by atoms with Crippen LogP contribution < -0.4 is 5.73 Å². The van der Waals surface area contributed by atoms with Crippen molar-refractivity contribution in [2.45, 2.75) is 38.8 Å². The maximum atomic E-state index is 6.23. The van der Waals surface area contributed by atoms with Gasteiger partial charge in [0.05, 0.1) is 0 Å². The predicted octanol–water partition coefficient (Wildman–Crippen LogP) is 1.08. The molecule has 1 aliphatic heterocycles. The molecule has 0 radical (unpaired) electrons. The average Bonchev–Trinajstić information content (AvgIpc) is 2.08. The van der Waals surface area contributed by atoms with Crippen LogP contribution in [0.3, 0.4) is 0 Å². The predicted molar refractivity (Wildman–Crippen MR) is 59.3 cm³/mol. The smallest absolute Gasteiger partial charge is 0.0477 e. The van der Waals surface area contributed by atoms with Crippen LogP contribution in [0.15, 0.2) is 0 Å². The van der Waals surface area contributed by atoms with Gasteiger partial charge in [0.1, 0.15) is 0 Å². The molecule has 3 heteroatoms. The summed E-state index contributed by atoms with van der Waals surface area (Å²) >= 11 is 0. The van der Waals surface area contributed by atoms with Crippen LogP contribution in [0.25, 0.3) is 0 Å². The van der Waals surface area contributed by atoms with Gasteiger partial charge in [-0.15, -0.1) is 0 Å². The molecule has 0 amide bonds. The number of hydrogen-bond acceptors (Lipinski definition) is 3. The molecule has 1 rings (SSSR count). The van der Waals surface area contributed by atoms with Crippen molar-refractivity contribution in [2.24, 2.45) is 11.7 Å². The molecule has 1 atom stereocenters. The molecular weight excluding hydrogens is 176 g/mol. The maximum Gasteiger partial charge on any atom is 0.0477 e. The third-order valence-electron chi connectivity index (χ3n) is 3.51. The molecule has 1 fully saturated rings. The first-order chi connectivity index (χ1) is 6.49. The summed E-state index contributed by atoms with van der Waals surface area (Å²) in [6.45, 7) is 9.58. The Bertz CT molecular complexity index is 176. The summed E-state index contributed by atoms with van der Waals surface area (Å²) in [5.41, 5.74) is 6.29. The van der Waals surface area contributed by atoms with E-state index < -0.39 is 0 Å². The van der Waals surface area contributed by atoms with Crippen LogP contribution in [0, 0.1) is 5.92 Å². The Morgan fingerprint density at radius 1 is 1.36 bits per heavy atom. The molecule has 0 aromatic carbocycles. The number of methoxy groups -OCH3 is 1. The van der Waals surface area contributed by atoms with E-state index >= 15 is 0 Å². The quantitative estimate of drug-likeness (QED) is 0.722. The van der Waals surface area contributed by atoms with Crippen molar-refractivity contribution in [1.29, 1.82) is 0 Å². The van der Waals surface area contributed by atoms with Gasteiger partial charge in [0.15, 0.2) is 0 Å². The lowest BCUT2D eigenvalue weighted by molar-refractivity contribution is -0.00115. The molecule has 0 saturated carbocycles. The second kappa shape index (κ2) is 4.60. The zero-order chi connectivity index (χ0) is 10.8. The maximum absolute atomic E-state index is 6.23. The fraction of sp³-hybridized carbons (Fsp3) is 1.00. The summed E-state index contributed by atoms with van der Waals surface area (Å²) in [5.74, 6) is 0.577. The fourth-order valence-electron chi connectivity index (χ4n) is 1.86. The van der Waals surface area contributed by atoms with E-state index in [9.17, 15) is 0 Å². The van der Waals surface area contributed by atoms with E-state index in [1.54, 1.807) is 7.11 Å². The van der Waals surface area contributed by atoms with Crippen LogP contribution >= 0.6 is 0 Å². The van der Waals surface area contributed by atoms with Crippen LogP contribution in [0.1, 0.15) is 27.2 Å². The average molecular weight is 200 g/mol. The normalized spacial score (nSPS) is 23.6. The van der Waals surface area contributed by atoms with E-state index in [0.717, 1.165) is 26.1 Å². The fourth-order valence-corrected chi connectivity index (χ4v) is 1.86. The third-order valence-corrected chi connectivity index (χ3v) is 3.51. The first-order valence-electron chi connectivity index (χ1n) is 5.51.